The number of hydrazone groups is 1. The number of benzene rings is 4. The molecule has 0 saturated heterocycles. The molecule has 4 aromatic carbocycles. The predicted octanol–water partition coefficient (Wildman–Crippen LogP) is 7.50. The number of halogens is 3. The number of amides is 2. The van der Waals surface area contributed by atoms with Gasteiger partial charge in [0, 0.05) is 37.9 Å². The molecule has 0 aliphatic carbocycles. The van der Waals surface area contributed by atoms with Crippen LogP contribution in [-0.4, -0.2) is 24.0 Å². The fourth-order valence-corrected chi connectivity index (χ4v) is 4.88. The molecule has 0 unspecified atom stereocenters. The highest BCUT2D eigenvalue weighted by atomic mass is 79.9. The zero-order valence-corrected chi connectivity index (χ0v) is 24.5. The third-order valence-electron chi connectivity index (χ3n) is 5.31. The smallest absolute Gasteiger partial charge is 0.336 e. The number of anilines is 1. The van der Waals surface area contributed by atoms with E-state index in [0.29, 0.717) is 30.8 Å². The van der Waals surface area contributed by atoms with Gasteiger partial charge in [0.15, 0.2) is 5.75 Å². The maximum absolute atomic E-state index is 12.7. The topological polar surface area (TPSA) is 96.9 Å². The number of nitrogens with zero attached hydrogens (tertiary/aromatic N) is 1. The third-order valence-corrected chi connectivity index (χ3v) is 6.61. The highest BCUT2D eigenvalue weighted by Gasteiger charge is 2.13. The molecule has 0 heterocycles. The van der Waals surface area contributed by atoms with E-state index in [4.69, 9.17) is 16.3 Å². The third kappa shape index (κ3) is 8.22. The van der Waals surface area contributed by atoms with E-state index in [1.54, 1.807) is 91.0 Å². The Morgan fingerprint density at radius 1 is 0.825 bits per heavy atom. The first-order chi connectivity index (χ1) is 19.3. The number of nitrogens with one attached hydrogen (secondary N) is 2. The summed E-state index contributed by atoms with van der Waals surface area (Å²) < 4.78 is 6.75. The molecule has 0 aliphatic rings. The molecule has 2 N–H and O–H groups in total. The Bertz CT molecular complexity index is 1610. The van der Waals surface area contributed by atoms with Crippen LogP contribution in [0.25, 0.3) is 6.08 Å². The summed E-state index contributed by atoms with van der Waals surface area (Å²) in [6.07, 6.45) is 4.26. The summed E-state index contributed by atoms with van der Waals surface area (Å²) in [5, 5.41) is 7.40. The Kier molecular flexibility index (Phi) is 10.0. The van der Waals surface area contributed by atoms with Crippen LogP contribution in [0, 0.1) is 0 Å². The second-order valence-electron chi connectivity index (χ2n) is 8.21. The van der Waals surface area contributed by atoms with Gasteiger partial charge in [0.2, 0.25) is 0 Å². The quantitative estimate of drug-likeness (QED) is 0.0662. The lowest BCUT2D eigenvalue weighted by atomic mass is 10.1. The van der Waals surface area contributed by atoms with Crippen molar-refractivity contribution >= 4 is 79.2 Å². The van der Waals surface area contributed by atoms with Crippen LogP contribution in [-0.2, 0) is 4.79 Å². The number of carbonyl (C=O) groups excluding carboxylic acids is 3. The number of esters is 1. The minimum atomic E-state index is -0.606. The van der Waals surface area contributed by atoms with Crippen LogP contribution >= 0.6 is 43.5 Å². The molecule has 0 atom stereocenters. The number of hydrogen-bond acceptors (Lipinski definition) is 5. The van der Waals surface area contributed by atoms with Gasteiger partial charge in [-0.05, 0) is 82.2 Å². The zero-order valence-electron chi connectivity index (χ0n) is 20.6. The van der Waals surface area contributed by atoms with Crippen molar-refractivity contribution in [2.75, 3.05) is 5.32 Å². The van der Waals surface area contributed by atoms with Gasteiger partial charge in [0.25, 0.3) is 11.8 Å². The molecule has 0 radical (unpaired) electrons. The van der Waals surface area contributed by atoms with Crippen LogP contribution in [0.3, 0.4) is 0 Å². The van der Waals surface area contributed by atoms with Gasteiger partial charge < -0.3 is 10.1 Å². The van der Waals surface area contributed by atoms with Gasteiger partial charge >= 0.3 is 5.97 Å². The highest BCUT2D eigenvalue weighted by Crippen LogP contribution is 2.32. The second kappa shape index (κ2) is 13.8. The molecule has 0 spiro atoms. The molecule has 4 rings (SSSR count). The molecule has 4 aromatic rings. The Morgan fingerprint density at radius 2 is 1.55 bits per heavy atom. The van der Waals surface area contributed by atoms with Crippen LogP contribution in [0.15, 0.2) is 111 Å². The van der Waals surface area contributed by atoms with Crippen LogP contribution in [0.5, 0.6) is 5.75 Å². The Morgan fingerprint density at radius 3 is 2.30 bits per heavy atom. The molecule has 0 aromatic heterocycles. The normalized spacial score (nSPS) is 11.0. The van der Waals surface area contributed by atoms with Crippen molar-refractivity contribution in [3.05, 3.63) is 133 Å². The lowest BCUT2D eigenvalue weighted by molar-refractivity contribution is -0.128. The molecule has 0 bridgehead atoms. The van der Waals surface area contributed by atoms with Gasteiger partial charge in [0.1, 0.15) is 0 Å². The van der Waals surface area contributed by atoms with Crippen molar-refractivity contribution in [3.8, 4) is 5.75 Å². The van der Waals surface area contributed by atoms with E-state index >= 15 is 0 Å². The molecule has 40 heavy (non-hydrogen) atoms. The summed E-state index contributed by atoms with van der Waals surface area (Å²) in [6, 6.07) is 25.6. The minimum absolute atomic E-state index is 0.220. The van der Waals surface area contributed by atoms with Crippen molar-refractivity contribution < 1.29 is 19.1 Å². The first-order valence-electron chi connectivity index (χ1n) is 11.7. The summed E-state index contributed by atoms with van der Waals surface area (Å²) >= 11 is 12.7. The number of carbonyl (C=O) groups is 3. The molecular weight excluding hydrogens is 662 g/mol. The summed E-state index contributed by atoms with van der Waals surface area (Å²) in [5.74, 6) is -1.17. The highest BCUT2D eigenvalue weighted by molar-refractivity contribution is 9.11. The summed E-state index contributed by atoms with van der Waals surface area (Å²) in [7, 11) is 0. The zero-order chi connectivity index (χ0) is 28.5. The monoisotopic (exact) mass is 679 g/mol. The van der Waals surface area contributed by atoms with Gasteiger partial charge in [-0.15, -0.1) is 0 Å². The summed E-state index contributed by atoms with van der Waals surface area (Å²) in [6.45, 7) is 0. The van der Waals surface area contributed by atoms with Crippen LogP contribution in [0.4, 0.5) is 5.69 Å². The number of rotatable bonds is 8. The molecule has 10 heteroatoms. The molecule has 0 aliphatic heterocycles. The van der Waals surface area contributed by atoms with Crippen molar-refractivity contribution in [2.45, 2.75) is 0 Å². The van der Waals surface area contributed by atoms with E-state index in [-0.39, 0.29) is 17.2 Å². The SMILES string of the molecule is O=C(/C=C/c1ccc(Cl)cc1)Oc1c(Br)cc(Br)cc1C=NNC(=O)c1cccc(NC(=O)c2ccccc2)c1. The van der Waals surface area contributed by atoms with Gasteiger partial charge in [-0.25, -0.2) is 10.2 Å². The van der Waals surface area contributed by atoms with E-state index in [0.717, 1.165) is 5.56 Å². The molecule has 7 nitrogen and oxygen atoms in total. The van der Waals surface area contributed by atoms with Crippen LogP contribution < -0.4 is 15.5 Å². The van der Waals surface area contributed by atoms with Gasteiger partial charge in [0.05, 0.1) is 10.7 Å². The second-order valence-corrected chi connectivity index (χ2v) is 10.4. The standard InChI is InChI=1S/C30H20Br2ClN3O4/c31-23-15-22(28(26(32)17-23)40-27(37)14-11-19-9-12-24(33)13-10-19)18-34-36-30(39)21-7-4-8-25(16-21)35-29(38)20-5-2-1-3-6-20/h1-18H,(H,35,38)(H,36,39)/b14-11+,34-18?. The van der Waals surface area contributed by atoms with E-state index in [2.05, 4.69) is 47.7 Å². The molecule has 2 amide bonds. The Balaban J connectivity index is 1.43. The Hall–Kier alpha value is -4.05. The summed E-state index contributed by atoms with van der Waals surface area (Å²) in [5.41, 5.74) is 4.91. The maximum Gasteiger partial charge on any atom is 0.336 e. The maximum atomic E-state index is 12.7. The first-order valence-corrected chi connectivity index (χ1v) is 13.7. The molecular formula is C30H20Br2ClN3O4. The van der Waals surface area contributed by atoms with E-state index in [9.17, 15) is 14.4 Å². The minimum Gasteiger partial charge on any atom is -0.421 e. The number of hydrogen-bond donors (Lipinski definition) is 2. The predicted molar refractivity (Wildman–Crippen MR) is 164 cm³/mol. The fraction of sp³-hybridized carbons (Fsp3) is 0. The van der Waals surface area contributed by atoms with E-state index in [1.165, 1.54) is 12.3 Å². The summed E-state index contributed by atoms with van der Waals surface area (Å²) in [4.78, 5) is 37.6. The van der Waals surface area contributed by atoms with Crippen molar-refractivity contribution in [1.29, 1.82) is 0 Å². The van der Waals surface area contributed by atoms with Crippen molar-refractivity contribution in [1.82, 2.24) is 5.43 Å². The average Bonchev–Trinajstić information content (AvgIpc) is 2.95. The number of ether oxygens (including phenoxy) is 1. The Labute approximate surface area is 252 Å². The average molecular weight is 682 g/mol. The van der Waals surface area contributed by atoms with Crippen LogP contribution in [0.2, 0.25) is 5.02 Å². The molecule has 0 saturated carbocycles. The lowest BCUT2D eigenvalue weighted by Gasteiger charge is -2.09. The van der Waals surface area contributed by atoms with Gasteiger partial charge in [-0.3, -0.25) is 9.59 Å². The molecule has 0 fully saturated rings. The first kappa shape index (κ1) is 28.9. The van der Waals surface area contributed by atoms with Crippen molar-refractivity contribution in [3.63, 3.8) is 0 Å². The van der Waals surface area contributed by atoms with Gasteiger partial charge in [-0.2, -0.15) is 5.10 Å². The van der Waals surface area contributed by atoms with Gasteiger partial charge in [-0.1, -0.05) is 63.9 Å². The van der Waals surface area contributed by atoms with E-state index in [1.807, 2.05) is 6.07 Å². The fourth-order valence-electron chi connectivity index (χ4n) is 3.41. The molecule has 200 valence electrons. The van der Waals surface area contributed by atoms with E-state index < -0.39 is 11.9 Å². The lowest BCUT2D eigenvalue weighted by Crippen LogP contribution is -2.18. The largest absolute Gasteiger partial charge is 0.421 e. The van der Waals surface area contributed by atoms with Crippen LogP contribution in [0.1, 0.15) is 31.8 Å². The van der Waals surface area contributed by atoms with Crippen molar-refractivity contribution in [2.24, 2.45) is 5.10 Å².